The molecule has 0 atom stereocenters. The fourth-order valence-corrected chi connectivity index (χ4v) is 4.06. The SMILES string of the molecule is CCc1cccc(C)c1NC(=O)CSc1nnc(CC(=O)Nc2ccc(C)c(Cl)c2)n1C. The highest BCUT2D eigenvalue weighted by molar-refractivity contribution is 7.99. The second kappa shape index (κ2) is 10.7. The van der Waals surface area contributed by atoms with Crippen molar-refractivity contribution < 1.29 is 9.59 Å². The third-order valence-electron chi connectivity index (χ3n) is 5.04. The number of carbonyl (C=O) groups is 2. The summed E-state index contributed by atoms with van der Waals surface area (Å²) in [7, 11) is 1.78. The van der Waals surface area contributed by atoms with Crippen molar-refractivity contribution in [3.63, 3.8) is 0 Å². The second-order valence-corrected chi connectivity index (χ2v) is 8.80. The van der Waals surface area contributed by atoms with Crippen molar-refractivity contribution in [2.75, 3.05) is 16.4 Å². The van der Waals surface area contributed by atoms with E-state index in [9.17, 15) is 9.59 Å². The maximum absolute atomic E-state index is 12.5. The summed E-state index contributed by atoms with van der Waals surface area (Å²) in [6.45, 7) is 5.94. The third kappa shape index (κ3) is 5.89. The summed E-state index contributed by atoms with van der Waals surface area (Å²) < 4.78 is 1.73. The molecule has 0 fully saturated rings. The van der Waals surface area contributed by atoms with E-state index in [-0.39, 0.29) is 24.0 Å². The van der Waals surface area contributed by atoms with Crippen LogP contribution < -0.4 is 10.6 Å². The van der Waals surface area contributed by atoms with Crippen LogP contribution in [0.15, 0.2) is 41.6 Å². The van der Waals surface area contributed by atoms with Crippen molar-refractivity contribution in [2.45, 2.75) is 38.8 Å². The van der Waals surface area contributed by atoms with Gasteiger partial charge < -0.3 is 15.2 Å². The number of amides is 2. The maximum atomic E-state index is 12.5. The van der Waals surface area contributed by atoms with Gasteiger partial charge >= 0.3 is 0 Å². The lowest BCUT2D eigenvalue weighted by atomic mass is 10.1. The van der Waals surface area contributed by atoms with E-state index in [1.807, 2.05) is 38.1 Å². The minimum Gasteiger partial charge on any atom is -0.326 e. The van der Waals surface area contributed by atoms with Gasteiger partial charge in [0.05, 0.1) is 12.2 Å². The highest BCUT2D eigenvalue weighted by Gasteiger charge is 2.16. The van der Waals surface area contributed by atoms with Crippen molar-refractivity contribution in [3.05, 3.63) is 63.9 Å². The molecule has 0 radical (unpaired) electrons. The Bertz CT molecular complexity index is 1150. The number of nitrogens with zero attached hydrogens (tertiary/aromatic N) is 3. The number of hydrogen-bond donors (Lipinski definition) is 2. The first-order chi connectivity index (χ1) is 15.3. The number of thioether (sulfide) groups is 1. The Morgan fingerprint density at radius 1 is 1.06 bits per heavy atom. The topological polar surface area (TPSA) is 88.9 Å². The lowest BCUT2D eigenvalue weighted by Crippen LogP contribution is -2.18. The normalized spacial score (nSPS) is 10.8. The predicted molar refractivity (Wildman–Crippen MR) is 129 cm³/mol. The van der Waals surface area contributed by atoms with Gasteiger partial charge in [-0.25, -0.2) is 0 Å². The number of rotatable bonds is 8. The first kappa shape index (κ1) is 23.8. The van der Waals surface area contributed by atoms with Crippen LogP contribution in [-0.4, -0.2) is 32.3 Å². The summed E-state index contributed by atoms with van der Waals surface area (Å²) in [6, 6.07) is 11.3. The summed E-state index contributed by atoms with van der Waals surface area (Å²) in [4.78, 5) is 24.9. The highest BCUT2D eigenvalue weighted by atomic mass is 35.5. The average Bonchev–Trinajstić information content (AvgIpc) is 3.10. The molecule has 32 heavy (non-hydrogen) atoms. The number of aryl methyl sites for hydroxylation is 3. The predicted octanol–water partition coefficient (Wildman–Crippen LogP) is 4.56. The molecule has 0 aliphatic rings. The van der Waals surface area contributed by atoms with Crippen LogP contribution in [0.1, 0.15) is 29.4 Å². The zero-order chi connectivity index (χ0) is 23.3. The van der Waals surface area contributed by atoms with Crippen LogP contribution in [-0.2, 0) is 29.5 Å². The first-order valence-electron chi connectivity index (χ1n) is 10.2. The molecule has 0 aliphatic heterocycles. The lowest BCUT2D eigenvalue weighted by molar-refractivity contribution is -0.116. The number of carbonyl (C=O) groups excluding carboxylic acids is 2. The number of nitrogens with one attached hydrogen (secondary N) is 2. The summed E-state index contributed by atoms with van der Waals surface area (Å²) in [5, 5.41) is 15.2. The van der Waals surface area contributed by atoms with Gasteiger partial charge in [-0.05, 0) is 49.1 Å². The molecular formula is C23H26ClN5O2S. The Morgan fingerprint density at radius 3 is 2.56 bits per heavy atom. The Hall–Kier alpha value is -2.84. The van der Waals surface area contributed by atoms with E-state index in [4.69, 9.17) is 11.6 Å². The summed E-state index contributed by atoms with van der Waals surface area (Å²) in [6.07, 6.45) is 0.902. The van der Waals surface area contributed by atoms with E-state index in [0.717, 1.165) is 28.8 Å². The molecule has 0 saturated heterocycles. The Labute approximate surface area is 197 Å². The standard InChI is InChI=1S/C23H26ClN5O2S/c1-5-16-8-6-7-15(3)22(16)26-21(31)13-32-23-28-27-19(29(23)4)12-20(30)25-17-10-9-14(2)18(24)11-17/h6-11H,5,12-13H2,1-4H3,(H,25,30)(H,26,31). The van der Waals surface area contributed by atoms with Crippen LogP contribution >= 0.6 is 23.4 Å². The van der Waals surface area contributed by atoms with Crippen LogP contribution in [0.2, 0.25) is 5.02 Å². The minimum atomic E-state index is -0.221. The van der Waals surface area contributed by atoms with Crippen LogP contribution in [0.4, 0.5) is 11.4 Å². The molecule has 2 amide bonds. The van der Waals surface area contributed by atoms with Gasteiger partial charge in [0.15, 0.2) is 5.16 Å². The lowest BCUT2D eigenvalue weighted by Gasteiger charge is -2.12. The van der Waals surface area contributed by atoms with Gasteiger partial charge in [-0.3, -0.25) is 9.59 Å². The Kier molecular flexibility index (Phi) is 7.93. The smallest absolute Gasteiger partial charge is 0.234 e. The molecule has 3 rings (SSSR count). The summed E-state index contributed by atoms with van der Waals surface area (Å²) >= 11 is 7.39. The maximum Gasteiger partial charge on any atom is 0.234 e. The van der Waals surface area contributed by atoms with Crippen molar-refractivity contribution >= 4 is 46.6 Å². The summed E-state index contributed by atoms with van der Waals surface area (Å²) in [5.41, 5.74) is 4.57. The van der Waals surface area contributed by atoms with E-state index in [1.165, 1.54) is 11.8 Å². The monoisotopic (exact) mass is 471 g/mol. The van der Waals surface area contributed by atoms with Crippen molar-refractivity contribution in [1.29, 1.82) is 0 Å². The van der Waals surface area contributed by atoms with Crippen LogP contribution in [0.25, 0.3) is 0 Å². The quantitative estimate of drug-likeness (QED) is 0.470. The molecule has 2 N–H and O–H groups in total. The number of aromatic nitrogens is 3. The highest BCUT2D eigenvalue weighted by Crippen LogP contribution is 2.23. The molecule has 1 aromatic heterocycles. The third-order valence-corrected chi connectivity index (χ3v) is 6.46. The molecule has 0 saturated carbocycles. The number of halogens is 1. The van der Waals surface area contributed by atoms with E-state index in [1.54, 1.807) is 23.7 Å². The van der Waals surface area contributed by atoms with Crippen molar-refractivity contribution in [2.24, 2.45) is 7.05 Å². The number of anilines is 2. The number of para-hydroxylation sites is 1. The van der Waals surface area contributed by atoms with Gasteiger partial charge in [0.25, 0.3) is 0 Å². The van der Waals surface area contributed by atoms with E-state index >= 15 is 0 Å². The molecule has 0 spiro atoms. The first-order valence-corrected chi connectivity index (χ1v) is 11.6. The molecule has 0 unspecified atom stereocenters. The molecule has 9 heteroatoms. The van der Waals surface area contributed by atoms with Crippen molar-refractivity contribution in [1.82, 2.24) is 14.8 Å². The fourth-order valence-electron chi connectivity index (χ4n) is 3.15. The number of hydrogen-bond acceptors (Lipinski definition) is 5. The molecule has 0 aliphatic carbocycles. The minimum absolute atomic E-state index is 0.0603. The van der Waals surface area contributed by atoms with E-state index in [0.29, 0.717) is 21.7 Å². The molecule has 3 aromatic rings. The van der Waals surface area contributed by atoms with Gasteiger partial charge in [0.2, 0.25) is 11.8 Å². The van der Waals surface area contributed by atoms with Gasteiger partial charge in [-0.1, -0.05) is 54.6 Å². The van der Waals surface area contributed by atoms with Gasteiger partial charge in [0.1, 0.15) is 5.82 Å². The Morgan fingerprint density at radius 2 is 1.84 bits per heavy atom. The molecule has 7 nitrogen and oxygen atoms in total. The molecule has 0 bridgehead atoms. The Balaban J connectivity index is 1.57. The van der Waals surface area contributed by atoms with Crippen LogP contribution in [0, 0.1) is 13.8 Å². The van der Waals surface area contributed by atoms with E-state index < -0.39 is 0 Å². The average molecular weight is 472 g/mol. The molecule has 168 valence electrons. The van der Waals surface area contributed by atoms with Gasteiger partial charge in [-0.2, -0.15) is 0 Å². The largest absolute Gasteiger partial charge is 0.326 e. The molecular weight excluding hydrogens is 446 g/mol. The number of benzene rings is 2. The zero-order valence-corrected chi connectivity index (χ0v) is 20.1. The molecule has 1 heterocycles. The van der Waals surface area contributed by atoms with Crippen LogP contribution in [0.5, 0.6) is 0 Å². The van der Waals surface area contributed by atoms with E-state index in [2.05, 4.69) is 27.8 Å². The van der Waals surface area contributed by atoms with Crippen LogP contribution in [0.3, 0.4) is 0 Å². The van der Waals surface area contributed by atoms with Gasteiger partial charge in [-0.15, -0.1) is 10.2 Å². The second-order valence-electron chi connectivity index (χ2n) is 7.45. The summed E-state index contributed by atoms with van der Waals surface area (Å²) in [5.74, 6) is 0.368. The zero-order valence-electron chi connectivity index (χ0n) is 18.5. The van der Waals surface area contributed by atoms with Crippen molar-refractivity contribution in [3.8, 4) is 0 Å². The molecule has 2 aromatic carbocycles. The van der Waals surface area contributed by atoms with Gasteiger partial charge in [0, 0.05) is 23.4 Å². The fraction of sp³-hybridized carbons (Fsp3) is 0.304.